The second kappa shape index (κ2) is 18.5. The fourth-order valence-electron chi connectivity index (χ4n) is 10.8. The van der Waals surface area contributed by atoms with Gasteiger partial charge in [-0.15, -0.1) is 0 Å². The number of allylic oxidation sites excluding steroid dienone is 1. The zero-order valence-electron chi connectivity index (χ0n) is 35.5. The van der Waals surface area contributed by atoms with Gasteiger partial charge in [-0.2, -0.15) is 0 Å². The summed E-state index contributed by atoms with van der Waals surface area (Å²) in [5.74, 6) is -0.376. The van der Waals surface area contributed by atoms with Crippen molar-refractivity contribution in [2.75, 3.05) is 50.8 Å². The molecular formula is C51H56FN5O5. The van der Waals surface area contributed by atoms with E-state index in [4.69, 9.17) is 4.74 Å². The Balaban J connectivity index is 0.774. The summed E-state index contributed by atoms with van der Waals surface area (Å²) >= 11 is 0. The van der Waals surface area contributed by atoms with Crippen LogP contribution in [0.2, 0.25) is 0 Å². The number of rotatable bonds is 14. The third kappa shape index (κ3) is 8.63. The number of imide groups is 1. The Morgan fingerprint density at radius 1 is 0.839 bits per heavy atom. The van der Waals surface area contributed by atoms with Gasteiger partial charge >= 0.3 is 0 Å². The molecule has 5 fully saturated rings. The summed E-state index contributed by atoms with van der Waals surface area (Å²) in [4.78, 5) is 58.5. The average Bonchev–Trinajstić information content (AvgIpc) is 3.67. The van der Waals surface area contributed by atoms with Crippen LogP contribution in [0.5, 0.6) is 5.75 Å². The molecule has 6 aliphatic rings. The number of carbonyl (C=O) groups is 4. The van der Waals surface area contributed by atoms with E-state index in [9.17, 15) is 19.2 Å². The standard InChI is InChI=1S/C51H56FN5O5/c1-2-42(35-9-5-3-6-10-35)49(36-11-7-4-8-12-36)37-13-17-41(18-14-37)62-26-25-54-23-21-34(22-24-54)29-55-31-40-16-15-39(55)32-56(40)46-28-43-38(27-44(46)52)30-57(50(43)47(59)33-58)45-19-20-48(60)53-51(45)61/h3-14,17-18,27-28,33-34,39-40,45,50H,2,15-16,19-26,29-32H2,1H3,(H,53,60,61). The lowest BCUT2D eigenvalue weighted by Crippen LogP contribution is -2.63. The van der Waals surface area contributed by atoms with Crippen LogP contribution in [0, 0.1) is 11.7 Å². The molecule has 4 unspecified atom stereocenters. The molecule has 11 heteroatoms. The van der Waals surface area contributed by atoms with Gasteiger partial charge in [0.05, 0.1) is 11.7 Å². The molecule has 0 aromatic heterocycles. The minimum atomic E-state index is -0.982. The van der Waals surface area contributed by atoms with Gasteiger partial charge < -0.3 is 9.64 Å². The number of ether oxygens (including phenoxy) is 1. The number of nitrogens with one attached hydrogen (secondary N) is 1. The van der Waals surface area contributed by atoms with Crippen molar-refractivity contribution in [3.05, 3.63) is 131 Å². The van der Waals surface area contributed by atoms with Crippen LogP contribution in [0.4, 0.5) is 10.1 Å². The first kappa shape index (κ1) is 41.8. The number of halogens is 1. The largest absolute Gasteiger partial charge is 0.492 e. The monoisotopic (exact) mass is 837 g/mol. The number of likely N-dealkylation sites (tertiary alicyclic amines) is 1. The third-order valence-electron chi connectivity index (χ3n) is 14.0. The molecule has 62 heavy (non-hydrogen) atoms. The quantitative estimate of drug-likeness (QED) is 0.0619. The van der Waals surface area contributed by atoms with Gasteiger partial charge in [0.2, 0.25) is 17.6 Å². The summed E-state index contributed by atoms with van der Waals surface area (Å²) in [6, 6.07) is 31.8. The number of hydrogen-bond donors (Lipinski definition) is 1. The van der Waals surface area contributed by atoms with Crippen molar-refractivity contribution in [1.29, 1.82) is 0 Å². The molecule has 1 N–H and O–H groups in total. The van der Waals surface area contributed by atoms with Crippen molar-refractivity contribution in [2.45, 2.75) is 82.6 Å². The zero-order valence-corrected chi connectivity index (χ0v) is 35.5. The van der Waals surface area contributed by atoms with E-state index in [1.54, 1.807) is 11.0 Å². The molecule has 0 spiro atoms. The molecule has 10 rings (SSSR count). The number of piperidine rings is 4. The Morgan fingerprint density at radius 3 is 2.19 bits per heavy atom. The molecule has 2 bridgehead atoms. The highest BCUT2D eigenvalue weighted by molar-refractivity contribution is 6.27. The van der Waals surface area contributed by atoms with E-state index in [-0.39, 0.29) is 43.4 Å². The lowest BCUT2D eigenvalue weighted by atomic mass is 9.87. The summed E-state index contributed by atoms with van der Waals surface area (Å²) in [6.45, 7) is 8.60. The molecule has 6 heterocycles. The lowest BCUT2D eigenvalue weighted by Gasteiger charge is -2.53. The van der Waals surface area contributed by atoms with Gasteiger partial charge in [-0.25, -0.2) is 4.39 Å². The topological polar surface area (TPSA) is 102 Å². The van der Waals surface area contributed by atoms with Crippen molar-refractivity contribution < 1.29 is 28.3 Å². The molecule has 322 valence electrons. The number of piperazine rings is 1. The number of amides is 2. The minimum absolute atomic E-state index is 0.144. The molecule has 2 amide bonds. The van der Waals surface area contributed by atoms with E-state index in [0.717, 1.165) is 70.6 Å². The lowest BCUT2D eigenvalue weighted by molar-refractivity contribution is -0.141. The van der Waals surface area contributed by atoms with E-state index in [1.807, 2.05) is 0 Å². The van der Waals surface area contributed by atoms with Crippen LogP contribution >= 0.6 is 0 Å². The second-order valence-corrected chi connectivity index (χ2v) is 17.7. The van der Waals surface area contributed by atoms with Crippen molar-refractivity contribution >= 4 is 40.7 Å². The third-order valence-corrected chi connectivity index (χ3v) is 14.0. The Bertz CT molecular complexity index is 2310. The number of ketones is 1. The van der Waals surface area contributed by atoms with Crippen LogP contribution in [0.1, 0.15) is 85.7 Å². The number of anilines is 1. The van der Waals surface area contributed by atoms with Crippen LogP contribution in [0.3, 0.4) is 0 Å². The number of benzene rings is 4. The SMILES string of the molecule is CCC(=C(c1ccccc1)c1ccc(OCCN2CCC(CN3CC4CCC3CN4c3cc4c(cc3F)CN(C3CCC(=O)NC3=O)C4C(=O)C=O)CC2)cc1)c1ccccc1. The van der Waals surface area contributed by atoms with Crippen LogP contribution in [0.25, 0.3) is 11.1 Å². The Labute approximate surface area is 363 Å². The normalized spacial score (nSPS) is 23.8. The molecule has 4 aromatic rings. The Kier molecular flexibility index (Phi) is 12.5. The van der Waals surface area contributed by atoms with Crippen LogP contribution in [-0.2, 0) is 25.7 Å². The molecule has 10 nitrogen and oxygen atoms in total. The van der Waals surface area contributed by atoms with Gasteiger partial charge in [0, 0.05) is 51.2 Å². The van der Waals surface area contributed by atoms with E-state index >= 15 is 4.39 Å². The van der Waals surface area contributed by atoms with Gasteiger partial charge in [0.25, 0.3) is 0 Å². The maximum Gasteiger partial charge on any atom is 0.243 e. The highest BCUT2D eigenvalue weighted by Crippen LogP contribution is 2.43. The summed E-state index contributed by atoms with van der Waals surface area (Å²) < 4.78 is 22.3. The predicted octanol–water partition coefficient (Wildman–Crippen LogP) is 7.07. The maximum atomic E-state index is 16.0. The molecule has 0 saturated carbocycles. The average molecular weight is 838 g/mol. The van der Waals surface area contributed by atoms with E-state index in [1.165, 1.54) is 33.9 Å². The molecule has 4 atom stereocenters. The smallest absolute Gasteiger partial charge is 0.243 e. The number of Topliss-reactive ketones (excluding diaryl/α,β-unsaturated/α-hetero) is 1. The molecule has 0 aliphatic carbocycles. The van der Waals surface area contributed by atoms with Gasteiger partial charge in [0.1, 0.15) is 24.2 Å². The van der Waals surface area contributed by atoms with Crippen LogP contribution < -0.4 is 15.0 Å². The number of nitrogens with zero attached hydrogens (tertiary/aromatic N) is 4. The van der Waals surface area contributed by atoms with Crippen molar-refractivity contribution in [3.8, 4) is 5.75 Å². The fourth-order valence-corrected chi connectivity index (χ4v) is 10.8. The second-order valence-electron chi connectivity index (χ2n) is 17.7. The summed E-state index contributed by atoms with van der Waals surface area (Å²) in [7, 11) is 0. The first-order valence-corrected chi connectivity index (χ1v) is 22.5. The molecule has 5 saturated heterocycles. The van der Waals surface area contributed by atoms with E-state index in [2.05, 4.69) is 112 Å². The van der Waals surface area contributed by atoms with Crippen molar-refractivity contribution in [2.24, 2.45) is 5.92 Å². The Morgan fingerprint density at radius 2 is 1.53 bits per heavy atom. The van der Waals surface area contributed by atoms with E-state index < -0.39 is 23.8 Å². The molecular weight excluding hydrogens is 782 g/mol. The van der Waals surface area contributed by atoms with Gasteiger partial charge in [-0.1, -0.05) is 79.7 Å². The van der Waals surface area contributed by atoms with E-state index in [0.29, 0.717) is 41.9 Å². The molecule has 0 radical (unpaired) electrons. The summed E-state index contributed by atoms with van der Waals surface area (Å²) in [6.07, 6.45) is 5.91. The fraction of sp³-hybridized carbons (Fsp3) is 0.412. The number of fused-ring (bicyclic) bond motifs is 4. The van der Waals surface area contributed by atoms with Crippen molar-refractivity contribution in [1.82, 2.24) is 20.0 Å². The summed E-state index contributed by atoms with van der Waals surface area (Å²) in [5.41, 5.74) is 7.84. The first-order valence-electron chi connectivity index (χ1n) is 22.5. The highest BCUT2D eigenvalue weighted by atomic mass is 19.1. The van der Waals surface area contributed by atoms with Gasteiger partial charge in [0.15, 0.2) is 6.29 Å². The number of carbonyl (C=O) groups excluding carboxylic acids is 4. The van der Waals surface area contributed by atoms with Gasteiger partial charge in [-0.3, -0.25) is 39.2 Å². The zero-order chi connectivity index (χ0) is 42.7. The van der Waals surface area contributed by atoms with Crippen LogP contribution in [-0.4, -0.2) is 103 Å². The number of hydrogen-bond acceptors (Lipinski definition) is 9. The minimum Gasteiger partial charge on any atom is -0.492 e. The Hall–Kier alpha value is -5.49. The van der Waals surface area contributed by atoms with Gasteiger partial charge in [-0.05, 0) is 121 Å². The molecule has 6 aliphatic heterocycles. The number of aldehydes is 1. The highest BCUT2D eigenvalue weighted by Gasteiger charge is 2.46. The molecule has 4 aromatic carbocycles. The van der Waals surface area contributed by atoms with Crippen LogP contribution in [0.15, 0.2) is 97.1 Å². The van der Waals surface area contributed by atoms with Crippen molar-refractivity contribution in [3.63, 3.8) is 0 Å². The summed E-state index contributed by atoms with van der Waals surface area (Å²) in [5, 5.41) is 2.35. The maximum absolute atomic E-state index is 16.0. The first-order chi connectivity index (χ1) is 30.3. The predicted molar refractivity (Wildman–Crippen MR) is 238 cm³/mol.